The van der Waals surface area contributed by atoms with E-state index < -0.39 is 0 Å². The zero-order valence-corrected chi connectivity index (χ0v) is 13.1. The van der Waals surface area contributed by atoms with Crippen molar-refractivity contribution < 1.29 is 9.53 Å². The van der Waals surface area contributed by atoms with Crippen LogP contribution in [0.2, 0.25) is 0 Å². The monoisotopic (exact) mass is 299 g/mol. The molecule has 0 bridgehead atoms. The summed E-state index contributed by atoms with van der Waals surface area (Å²) in [5.74, 6) is 0.582. The fourth-order valence-corrected chi connectivity index (χ4v) is 2.13. The summed E-state index contributed by atoms with van der Waals surface area (Å²) in [5, 5.41) is 2.87. The Morgan fingerprint density at radius 3 is 2.45 bits per heavy atom. The smallest absolute Gasteiger partial charge is 0.257 e. The Balaban J connectivity index is 2.20. The lowest BCUT2D eigenvalue weighted by atomic mass is 10.1. The number of nitrogens with one attached hydrogen (secondary N) is 1. The van der Waals surface area contributed by atoms with Crippen molar-refractivity contribution in [2.24, 2.45) is 0 Å². The third-order valence-corrected chi connectivity index (χ3v) is 3.17. The minimum Gasteiger partial charge on any atom is -0.494 e. The Bertz CT molecular complexity index is 651. The summed E-state index contributed by atoms with van der Waals surface area (Å²) in [7, 11) is 3.78. The SMILES string of the molecule is CCOc1ccc(NC(=O)c2cc(N)ccc2N(C)C)cc1. The standard InChI is InChI=1S/C17H21N3O2/c1-4-22-14-8-6-13(7-9-14)19-17(21)15-11-12(18)5-10-16(15)20(2)3/h5-11H,4,18H2,1-3H3,(H,19,21). The van der Waals surface area contributed by atoms with Crippen LogP contribution in [0.3, 0.4) is 0 Å². The van der Waals surface area contributed by atoms with E-state index in [1.54, 1.807) is 12.1 Å². The van der Waals surface area contributed by atoms with Crippen molar-refractivity contribution in [2.45, 2.75) is 6.92 Å². The zero-order chi connectivity index (χ0) is 16.1. The van der Waals surface area contributed by atoms with E-state index in [2.05, 4.69) is 5.32 Å². The van der Waals surface area contributed by atoms with Crippen molar-refractivity contribution >= 4 is 23.0 Å². The van der Waals surface area contributed by atoms with E-state index in [9.17, 15) is 4.79 Å². The fraction of sp³-hybridized carbons (Fsp3) is 0.235. The molecule has 0 aliphatic heterocycles. The van der Waals surface area contributed by atoms with Crippen LogP contribution in [0.15, 0.2) is 42.5 Å². The van der Waals surface area contributed by atoms with Gasteiger partial charge in [0.05, 0.1) is 12.2 Å². The van der Waals surface area contributed by atoms with Crippen LogP contribution < -0.4 is 20.7 Å². The van der Waals surface area contributed by atoms with Gasteiger partial charge in [-0.2, -0.15) is 0 Å². The average Bonchev–Trinajstić information content (AvgIpc) is 2.49. The van der Waals surface area contributed by atoms with Gasteiger partial charge in [0, 0.05) is 31.2 Å². The summed E-state index contributed by atoms with van der Waals surface area (Å²) in [6.45, 7) is 2.54. The zero-order valence-electron chi connectivity index (χ0n) is 13.1. The molecular formula is C17H21N3O2. The molecule has 116 valence electrons. The summed E-state index contributed by atoms with van der Waals surface area (Å²) >= 11 is 0. The third kappa shape index (κ3) is 3.69. The van der Waals surface area contributed by atoms with Crippen LogP contribution >= 0.6 is 0 Å². The number of ether oxygens (including phenoxy) is 1. The van der Waals surface area contributed by atoms with Gasteiger partial charge >= 0.3 is 0 Å². The molecule has 0 unspecified atom stereocenters. The molecule has 0 aliphatic carbocycles. The quantitative estimate of drug-likeness (QED) is 0.833. The molecule has 0 spiro atoms. The van der Waals surface area contributed by atoms with E-state index in [-0.39, 0.29) is 5.91 Å². The van der Waals surface area contributed by atoms with Gasteiger partial charge in [-0.15, -0.1) is 0 Å². The number of carbonyl (C=O) groups is 1. The van der Waals surface area contributed by atoms with E-state index >= 15 is 0 Å². The molecule has 0 heterocycles. The number of carbonyl (C=O) groups excluding carboxylic acids is 1. The molecule has 2 aromatic rings. The van der Waals surface area contributed by atoms with Crippen LogP contribution in [0.5, 0.6) is 5.75 Å². The lowest BCUT2D eigenvalue weighted by Gasteiger charge is -2.17. The second-order valence-electron chi connectivity index (χ2n) is 5.08. The van der Waals surface area contributed by atoms with Gasteiger partial charge in [-0.3, -0.25) is 4.79 Å². The van der Waals surface area contributed by atoms with Gasteiger partial charge in [0.1, 0.15) is 5.75 Å². The second-order valence-corrected chi connectivity index (χ2v) is 5.08. The molecule has 2 aromatic carbocycles. The van der Waals surface area contributed by atoms with Crippen molar-refractivity contribution in [3.8, 4) is 5.75 Å². The second kappa shape index (κ2) is 6.85. The molecule has 5 heteroatoms. The van der Waals surface area contributed by atoms with E-state index in [0.717, 1.165) is 11.4 Å². The molecule has 1 amide bonds. The van der Waals surface area contributed by atoms with Crippen molar-refractivity contribution in [1.29, 1.82) is 0 Å². The molecular weight excluding hydrogens is 278 g/mol. The van der Waals surface area contributed by atoms with Crippen LogP contribution in [0, 0.1) is 0 Å². The normalized spacial score (nSPS) is 10.1. The van der Waals surface area contributed by atoms with Crippen molar-refractivity contribution in [3.05, 3.63) is 48.0 Å². The first kappa shape index (κ1) is 15.7. The fourth-order valence-electron chi connectivity index (χ4n) is 2.13. The molecule has 0 radical (unpaired) electrons. The maximum absolute atomic E-state index is 12.5. The summed E-state index contributed by atoms with van der Waals surface area (Å²) in [6, 6.07) is 12.6. The molecule has 0 saturated carbocycles. The number of nitrogens with two attached hydrogens (primary N) is 1. The Labute approximate surface area is 130 Å². The minimum absolute atomic E-state index is 0.194. The highest BCUT2D eigenvalue weighted by Gasteiger charge is 2.13. The number of nitrogens with zero attached hydrogens (tertiary/aromatic N) is 1. The first-order valence-corrected chi connectivity index (χ1v) is 7.12. The number of amides is 1. The van der Waals surface area contributed by atoms with Crippen LogP contribution in [-0.2, 0) is 0 Å². The number of hydrogen-bond donors (Lipinski definition) is 2. The molecule has 0 aliphatic rings. The van der Waals surface area contributed by atoms with Crippen molar-refractivity contribution in [2.75, 3.05) is 36.7 Å². The number of benzene rings is 2. The Morgan fingerprint density at radius 2 is 1.86 bits per heavy atom. The first-order valence-electron chi connectivity index (χ1n) is 7.12. The van der Waals surface area contributed by atoms with E-state index in [1.165, 1.54) is 0 Å². The van der Waals surface area contributed by atoms with Crippen LogP contribution in [0.4, 0.5) is 17.1 Å². The molecule has 2 rings (SSSR count). The summed E-state index contributed by atoms with van der Waals surface area (Å²) < 4.78 is 5.38. The van der Waals surface area contributed by atoms with Crippen LogP contribution in [-0.4, -0.2) is 26.6 Å². The van der Waals surface area contributed by atoms with Gasteiger partial charge in [0.25, 0.3) is 5.91 Å². The van der Waals surface area contributed by atoms with Crippen molar-refractivity contribution in [1.82, 2.24) is 0 Å². The van der Waals surface area contributed by atoms with Gasteiger partial charge in [-0.25, -0.2) is 0 Å². The van der Waals surface area contributed by atoms with Gasteiger partial charge in [0.2, 0.25) is 0 Å². The lowest BCUT2D eigenvalue weighted by Crippen LogP contribution is -2.18. The van der Waals surface area contributed by atoms with Gasteiger partial charge in [0.15, 0.2) is 0 Å². The van der Waals surface area contributed by atoms with Gasteiger partial charge in [-0.05, 0) is 49.4 Å². The molecule has 22 heavy (non-hydrogen) atoms. The number of hydrogen-bond acceptors (Lipinski definition) is 4. The third-order valence-electron chi connectivity index (χ3n) is 3.17. The average molecular weight is 299 g/mol. The molecule has 0 aromatic heterocycles. The Hall–Kier alpha value is -2.69. The Morgan fingerprint density at radius 1 is 1.18 bits per heavy atom. The summed E-state index contributed by atoms with van der Waals surface area (Å²) in [6.07, 6.45) is 0. The number of anilines is 3. The molecule has 0 fully saturated rings. The van der Waals surface area contributed by atoms with Crippen LogP contribution in [0.25, 0.3) is 0 Å². The maximum atomic E-state index is 12.5. The molecule has 3 N–H and O–H groups in total. The highest BCUT2D eigenvalue weighted by atomic mass is 16.5. The van der Waals surface area contributed by atoms with Gasteiger partial charge in [-0.1, -0.05) is 0 Å². The highest BCUT2D eigenvalue weighted by molar-refractivity contribution is 6.08. The Kier molecular flexibility index (Phi) is 4.88. The molecule has 5 nitrogen and oxygen atoms in total. The summed E-state index contributed by atoms with van der Waals surface area (Å²) in [5.41, 5.74) is 8.42. The van der Waals surface area contributed by atoms with Gasteiger partial charge < -0.3 is 20.7 Å². The first-order chi connectivity index (χ1) is 10.5. The van der Waals surface area contributed by atoms with Crippen molar-refractivity contribution in [3.63, 3.8) is 0 Å². The van der Waals surface area contributed by atoms with E-state index in [4.69, 9.17) is 10.5 Å². The summed E-state index contributed by atoms with van der Waals surface area (Å²) in [4.78, 5) is 14.4. The molecule has 0 atom stereocenters. The highest BCUT2D eigenvalue weighted by Crippen LogP contribution is 2.23. The van der Waals surface area contributed by atoms with E-state index in [0.29, 0.717) is 23.5 Å². The minimum atomic E-state index is -0.194. The van der Waals surface area contributed by atoms with E-state index in [1.807, 2.05) is 56.3 Å². The predicted molar refractivity (Wildman–Crippen MR) is 90.7 cm³/mol. The molecule has 0 saturated heterocycles. The number of rotatable bonds is 5. The lowest BCUT2D eigenvalue weighted by molar-refractivity contribution is 0.102. The van der Waals surface area contributed by atoms with Crippen LogP contribution in [0.1, 0.15) is 17.3 Å². The number of nitrogen functional groups attached to an aromatic ring is 1. The topological polar surface area (TPSA) is 67.6 Å². The maximum Gasteiger partial charge on any atom is 0.257 e. The largest absolute Gasteiger partial charge is 0.494 e. The predicted octanol–water partition coefficient (Wildman–Crippen LogP) is 2.99.